The Morgan fingerprint density at radius 1 is 1.31 bits per heavy atom. The van der Waals surface area contributed by atoms with Crippen LogP contribution in [-0.2, 0) is 11.2 Å². The highest BCUT2D eigenvalue weighted by atomic mass is 16.5. The summed E-state index contributed by atoms with van der Waals surface area (Å²) in [5.74, 6) is 0.945. The lowest BCUT2D eigenvalue weighted by atomic mass is 9.99. The molecule has 0 aromatic heterocycles. The van der Waals surface area contributed by atoms with Crippen LogP contribution < -0.4 is 4.74 Å². The quantitative estimate of drug-likeness (QED) is 0.734. The highest BCUT2D eigenvalue weighted by Gasteiger charge is 2.29. The summed E-state index contributed by atoms with van der Waals surface area (Å²) in [6.07, 6.45) is 5.90. The number of carbonyl (C=O) groups excluding carboxylic acids is 1. The Hall–Kier alpha value is -1.85. The van der Waals surface area contributed by atoms with Gasteiger partial charge in [-0.2, -0.15) is 0 Å². The molecule has 0 radical (unpaired) electrons. The third-order valence-corrected chi connectivity index (χ3v) is 5.35. The van der Waals surface area contributed by atoms with Crippen molar-refractivity contribution in [2.45, 2.75) is 31.7 Å². The lowest BCUT2D eigenvalue weighted by molar-refractivity contribution is 0.0166. The van der Waals surface area contributed by atoms with Crippen LogP contribution in [0.4, 0.5) is 0 Å². The number of ether oxygens (including phenoxy) is 2. The Bertz CT molecular complexity index is 626. The van der Waals surface area contributed by atoms with Crippen molar-refractivity contribution in [2.24, 2.45) is 0 Å². The molecule has 1 aromatic carbocycles. The summed E-state index contributed by atoms with van der Waals surface area (Å²) in [7, 11) is 1.66. The number of morpholine rings is 1. The van der Waals surface area contributed by atoms with Crippen LogP contribution in [-0.4, -0.2) is 68.3 Å². The summed E-state index contributed by atoms with van der Waals surface area (Å²) >= 11 is 0. The van der Waals surface area contributed by atoms with Gasteiger partial charge in [0.25, 0.3) is 5.91 Å². The van der Waals surface area contributed by atoms with Gasteiger partial charge in [-0.1, -0.05) is 6.08 Å². The van der Waals surface area contributed by atoms with E-state index in [0.717, 1.165) is 69.1 Å². The normalized spacial score (nSPS) is 21.4. The third-order valence-electron chi connectivity index (χ3n) is 5.35. The number of piperidine rings is 1. The fraction of sp³-hybridized carbons (Fsp3) is 0.571. The molecule has 2 aliphatic rings. The van der Waals surface area contributed by atoms with Crippen LogP contribution in [0.2, 0.25) is 0 Å². The van der Waals surface area contributed by atoms with Gasteiger partial charge < -0.3 is 14.4 Å². The molecule has 2 fully saturated rings. The van der Waals surface area contributed by atoms with E-state index in [0.29, 0.717) is 12.5 Å². The van der Waals surface area contributed by atoms with Crippen LogP contribution in [0.5, 0.6) is 5.75 Å². The second-order valence-corrected chi connectivity index (χ2v) is 7.08. The summed E-state index contributed by atoms with van der Waals surface area (Å²) < 4.78 is 10.9. The first-order valence-electron chi connectivity index (χ1n) is 9.62. The minimum Gasteiger partial charge on any atom is -0.496 e. The van der Waals surface area contributed by atoms with Crippen molar-refractivity contribution < 1.29 is 14.3 Å². The molecule has 3 rings (SSSR count). The molecular formula is C21H30N2O3. The first-order chi connectivity index (χ1) is 12.7. The zero-order chi connectivity index (χ0) is 18.4. The molecule has 1 amide bonds. The van der Waals surface area contributed by atoms with Crippen molar-refractivity contribution in [3.63, 3.8) is 0 Å². The van der Waals surface area contributed by atoms with Crippen molar-refractivity contribution in [1.29, 1.82) is 0 Å². The number of allylic oxidation sites excluding steroid dienone is 1. The van der Waals surface area contributed by atoms with Gasteiger partial charge in [0.15, 0.2) is 0 Å². The molecule has 2 saturated heterocycles. The van der Waals surface area contributed by atoms with Gasteiger partial charge in [0.05, 0.1) is 20.3 Å². The standard InChI is InChI=1S/C21H30N2O3/c1-3-6-17-15-18(8-9-20(17)25-2)21(24)23-10-5-4-7-19(23)16-22-11-13-26-14-12-22/h3,8-9,15,19H,1,4-7,10-14,16H2,2H3. The van der Waals surface area contributed by atoms with Crippen molar-refractivity contribution >= 4 is 5.91 Å². The number of likely N-dealkylation sites (tertiary alicyclic amines) is 1. The Morgan fingerprint density at radius 3 is 2.85 bits per heavy atom. The largest absolute Gasteiger partial charge is 0.496 e. The van der Waals surface area contributed by atoms with Gasteiger partial charge >= 0.3 is 0 Å². The lowest BCUT2D eigenvalue weighted by Crippen LogP contribution is -2.51. The molecule has 0 spiro atoms. The molecule has 2 aliphatic heterocycles. The summed E-state index contributed by atoms with van der Waals surface area (Å²) in [4.78, 5) is 17.7. The molecule has 1 atom stereocenters. The lowest BCUT2D eigenvalue weighted by Gasteiger charge is -2.39. The van der Waals surface area contributed by atoms with Gasteiger partial charge in [-0.25, -0.2) is 0 Å². The van der Waals surface area contributed by atoms with Crippen LogP contribution in [0.15, 0.2) is 30.9 Å². The summed E-state index contributed by atoms with van der Waals surface area (Å²) in [5, 5.41) is 0. The topological polar surface area (TPSA) is 42.0 Å². The van der Waals surface area contributed by atoms with E-state index in [2.05, 4.69) is 16.4 Å². The zero-order valence-corrected chi connectivity index (χ0v) is 15.8. The Morgan fingerprint density at radius 2 is 2.12 bits per heavy atom. The van der Waals surface area contributed by atoms with Crippen molar-refractivity contribution in [2.75, 3.05) is 46.5 Å². The highest BCUT2D eigenvalue weighted by molar-refractivity contribution is 5.95. The number of rotatable bonds is 6. The second-order valence-electron chi connectivity index (χ2n) is 7.08. The van der Waals surface area contributed by atoms with Gasteiger partial charge in [-0.05, 0) is 49.4 Å². The Balaban J connectivity index is 1.75. The van der Waals surface area contributed by atoms with Crippen LogP contribution in [0, 0.1) is 0 Å². The third kappa shape index (κ3) is 4.46. The first-order valence-corrected chi connectivity index (χ1v) is 9.62. The maximum Gasteiger partial charge on any atom is 0.254 e. The molecule has 0 bridgehead atoms. The first kappa shape index (κ1) is 18.9. The minimum atomic E-state index is 0.135. The van der Waals surface area contributed by atoms with E-state index in [1.165, 1.54) is 6.42 Å². The fourth-order valence-electron chi connectivity index (χ4n) is 3.93. The molecule has 0 aliphatic carbocycles. The molecule has 0 N–H and O–H groups in total. The number of hydrogen-bond acceptors (Lipinski definition) is 4. The molecule has 5 nitrogen and oxygen atoms in total. The van der Waals surface area contributed by atoms with E-state index >= 15 is 0 Å². The predicted molar refractivity (Wildman–Crippen MR) is 103 cm³/mol. The number of carbonyl (C=O) groups is 1. The van der Waals surface area contributed by atoms with E-state index in [1.54, 1.807) is 7.11 Å². The Labute approximate surface area is 156 Å². The monoisotopic (exact) mass is 358 g/mol. The molecule has 1 aromatic rings. The van der Waals surface area contributed by atoms with Gasteiger partial charge in [-0.15, -0.1) is 6.58 Å². The number of methoxy groups -OCH3 is 1. The van der Waals surface area contributed by atoms with Crippen molar-refractivity contribution in [3.05, 3.63) is 42.0 Å². The molecule has 26 heavy (non-hydrogen) atoms. The van der Waals surface area contributed by atoms with E-state index in [1.807, 2.05) is 24.3 Å². The number of benzene rings is 1. The Kier molecular flexibility index (Phi) is 6.69. The fourth-order valence-corrected chi connectivity index (χ4v) is 3.93. The van der Waals surface area contributed by atoms with Gasteiger partial charge in [-0.3, -0.25) is 9.69 Å². The number of amides is 1. The average molecular weight is 358 g/mol. The minimum absolute atomic E-state index is 0.135. The maximum absolute atomic E-state index is 13.2. The highest BCUT2D eigenvalue weighted by Crippen LogP contribution is 2.25. The van der Waals surface area contributed by atoms with Gasteiger partial charge in [0.2, 0.25) is 0 Å². The van der Waals surface area contributed by atoms with Gasteiger partial charge in [0.1, 0.15) is 5.75 Å². The van der Waals surface area contributed by atoms with Crippen LogP contribution in [0.3, 0.4) is 0 Å². The van der Waals surface area contributed by atoms with Crippen LogP contribution >= 0.6 is 0 Å². The molecule has 1 unspecified atom stereocenters. The summed E-state index contributed by atoms with van der Waals surface area (Å²) in [5.41, 5.74) is 1.76. The molecule has 142 valence electrons. The predicted octanol–water partition coefficient (Wildman–Crippen LogP) is 2.75. The zero-order valence-electron chi connectivity index (χ0n) is 15.8. The van der Waals surface area contributed by atoms with E-state index in [4.69, 9.17) is 9.47 Å². The van der Waals surface area contributed by atoms with Crippen molar-refractivity contribution in [3.8, 4) is 5.75 Å². The van der Waals surface area contributed by atoms with Crippen LogP contribution in [0.1, 0.15) is 35.2 Å². The molecule has 2 heterocycles. The average Bonchev–Trinajstić information content (AvgIpc) is 2.69. The maximum atomic E-state index is 13.2. The molecule has 5 heteroatoms. The second kappa shape index (κ2) is 9.19. The van der Waals surface area contributed by atoms with E-state index in [9.17, 15) is 4.79 Å². The molecule has 0 saturated carbocycles. The van der Waals surface area contributed by atoms with Gasteiger partial charge in [0, 0.05) is 37.8 Å². The number of hydrogen-bond donors (Lipinski definition) is 0. The van der Waals surface area contributed by atoms with Crippen LogP contribution in [0.25, 0.3) is 0 Å². The summed E-state index contributed by atoms with van der Waals surface area (Å²) in [6, 6.07) is 6.03. The number of nitrogens with zero attached hydrogens (tertiary/aromatic N) is 2. The van der Waals surface area contributed by atoms with E-state index in [-0.39, 0.29) is 5.91 Å². The van der Waals surface area contributed by atoms with E-state index < -0.39 is 0 Å². The van der Waals surface area contributed by atoms with Crippen molar-refractivity contribution in [1.82, 2.24) is 9.80 Å². The SMILES string of the molecule is C=CCc1cc(C(=O)N2CCCCC2CN2CCOCC2)ccc1OC. The molecular weight excluding hydrogens is 328 g/mol. The summed E-state index contributed by atoms with van der Waals surface area (Å²) in [6.45, 7) is 9.12. The smallest absolute Gasteiger partial charge is 0.254 e.